The summed E-state index contributed by atoms with van der Waals surface area (Å²) in [4.78, 5) is 19.4. The summed E-state index contributed by atoms with van der Waals surface area (Å²) < 4.78 is 5.10. The van der Waals surface area contributed by atoms with Crippen molar-refractivity contribution >= 4 is 16.9 Å². The third-order valence-electron chi connectivity index (χ3n) is 3.18. The molecular formula is C15H14N4O2. The molecule has 0 aliphatic heterocycles. The van der Waals surface area contributed by atoms with E-state index in [1.807, 2.05) is 19.1 Å². The average molecular weight is 282 g/mol. The molecule has 6 nitrogen and oxygen atoms in total. The molecule has 0 aliphatic rings. The third kappa shape index (κ3) is 2.74. The van der Waals surface area contributed by atoms with Crippen LogP contribution < -0.4 is 0 Å². The summed E-state index contributed by atoms with van der Waals surface area (Å²) in [6.45, 7) is 3.44. The van der Waals surface area contributed by atoms with Gasteiger partial charge >= 0.3 is 5.97 Å². The number of nitrogens with one attached hydrogen (secondary N) is 1. The maximum atomic E-state index is 11.0. The Morgan fingerprint density at radius 3 is 2.67 bits per heavy atom. The number of hydrogen-bond acceptors (Lipinski definition) is 5. The summed E-state index contributed by atoms with van der Waals surface area (Å²) in [5.41, 5.74) is 3.61. The molecule has 0 aliphatic carbocycles. The molecule has 106 valence electrons. The normalized spacial score (nSPS) is 10.8. The lowest BCUT2D eigenvalue weighted by atomic mass is 10.0. The standard InChI is InChI=1S/C15H14N4O2/c1-9-16-5-14(6-17-9)11-3-12-7-18-19-15(12)13(4-11)8-21-10(2)20/h3-7H,8H2,1-2H3,(H,18,19). The molecule has 0 atom stereocenters. The van der Waals surface area contributed by atoms with Crippen LogP contribution in [0.1, 0.15) is 18.3 Å². The van der Waals surface area contributed by atoms with E-state index in [-0.39, 0.29) is 12.6 Å². The van der Waals surface area contributed by atoms with Gasteiger partial charge in [0.1, 0.15) is 12.4 Å². The van der Waals surface area contributed by atoms with E-state index in [1.165, 1.54) is 6.92 Å². The summed E-state index contributed by atoms with van der Waals surface area (Å²) in [6.07, 6.45) is 5.30. The fourth-order valence-electron chi connectivity index (χ4n) is 2.13. The second-order valence-corrected chi connectivity index (χ2v) is 4.77. The first-order valence-corrected chi connectivity index (χ1v) is 6.52. The zero-order valence-electron chi connectivity index (χ0n) is 11.8. The van der Waals surface area contributed by atoms with Gasteiger partial charge in [-0.05, 0) is 24.6 Å². The summed E-state index contributed by atoms with van der Waals surface area (Å²) in [5, 5.41) is 7.92. The SMILES string of the molecule is CC(=O)OCc1cc(-c2cnc(C)nc2)cc2cn[nH]c12. The molecule has 0 radical (unpaired) electrons. The van der Waals surface area contributed by atoms with Crippen LogP contribution in [0.3, 0.4) is 0 Å². The molecule has 21 heavy (non-hydrogen) atoms. The Balaban J connectivity index is 2.07. The molecular weight excluding hydrogens is 268 g/mol. The van der Waals surface area contributed by atoms with Crippen molar-refractivity contribution in [1.82, 2.24) is 20.2 Å². The van der Waals surface area contributed by atoms with Crippen molar-refractivity contribution in [3.05, 3.63) is 42.1 Å². The van der Waals surface area contributed by atoms with E-state index in [0.29, 0.717) is 0 Å². The molecule has 0 unspecified atom stereocenters. The van der Waals surface area contributed by atoms with Crippen LogP contribution in [0.25, 0.3) is 22.0 Å². The molecule has 0 fully saturated rings. The molecule has 1 N–H and O–H groups in total. The van der Waals surface area contributed by atoms with Gasteiger partial charge in [0.15, 0.2) is 0 Å². The lowest BCUT2D eigenvalue weighted by Gasteiger charge is -2.07. The number of aromatic amines is 1. The Bertz CT molecular complexity index is 793. The minimum Gasteiger partial charge on any atom is -0.461 e. The van der Waals surface area contributed by atoms with Crippen molar-refractivity contribution in [2.75, 3.05) is 0 Å². The number of benzene rings is 1. The highest BCUT2D eigenvalue weighted by molar-refractivity contribution is 5.87. The number of fused-ring (bicyclic) bond motifs is 1. The molecule has 0 bridgehead atoms. The van der Waals surface area contributed by atoms with Gasteiger partial charge in [-0.2, -0.15) is 5.10 Å². The molecule has 2 aromatic heterocycles. The van der Waals surface area contributed by atoms with Crippen molar-refractivity contribution in [3.63, 3.8) is 0 Å². The fraction of sp³-hybridized carbons (Fsp3) is 0.200. The van der Waals surface area contributed by atoms with Crippen LogP contribution in [0.2, 0.25) is 0 Å². The van der Waals surface area contributed by atoms with E-state index in [0.717, 1.165) is 33.4 Å². The Morgan fingerprint density at radius 1 is 1.19 bits per heavy atom. The van der Waals surface area contributed by atoms with Gasteiger partial charge < -0.3 is 4.74 Å². The van der Waals surface area contributed by atoms with Crippen LogP contribution in [-0.2, 0) is 16.1 Å². The summed E-state index contributed by atoms with van der Waals surface area (Å²) >= 11 is 0. The molecule has 1 aromatic carbocycles. The van der Waals surface area contributed by atoms with Crippen molar-refractivity contribution in [2.45, 2.75) is 20.5 Å². The first-order chi connectivity index (χ1) is 10.1. The van der Waals surface area contributed by atoms with E-state index < -0.39 is 0 Å². The van der Waals surface area contributed by atoms with E-state index in [1.54, 1.807) is 18.6 Å². The average Bonchev–Trinajstić information content (AvgIpc) is 2.93. The Kier molecular flexibility index (Phi) is 3.35. The summed E-state index contributed by atoms with van der Waals surface area (Å²) in [7, 11) is 0. The van der Waals surface area contributed by atoms with Crippen LogP contribution in [0.15, 0.2) is 30.7 Å². The number of hydrogen-bond donors (Lipinski definition) is 1. The molecule has 0 saturated heterocycles. The highest BCUT2D eigenvalue weighted by Crippen LogP contribution is 2.26. The van der Waals surface area contributed by atoms with Crippen LogP contribution in [0.4, 0.5) is 0 Å². The van der Waals surface area contributed by atoms with Crippen LogP contribution >= 0.6 is 0 Å². The van der Waals surface area contributed by atoms with Crippen LogP contribution in [-0.4, -0.2) is 26.1 Å². The lowest BCUT2D eigenvalue weighted by Crippen LogP contribution is -2.00. The predicted octanol–water partition coefficient (Wildman–Crippen LogP) is 2.39. The molecule has 0 spiro atoms. The van der Waals surface area contributed by atoms with Crippen molar-refractivity contribution in [3.8, 4) is 11.1 Å². The lowest BCUT2D eigenvalue weighted by molar-refractivity contribution is -0.142. The maximum absolute atomic E-state index is 11.0. The summed E-state index contributed by atoms with van der Waals surface area (Å²) in [5.74, 6) is 0.412. The number of ether oxygens (including phenoxy) is 1. The monoisotopic (exact) mass is 282 g/mol. The first-order valence-electron chi connectivity index (χ1n) is 6.52. The first kappa shape index (κ1) is 13.2. The number of nitrogens with zero attached hydrogens (tertiary/aromatic N) is 3. The molecule has 2 heterocycles. The van der Waals surface area contributed by atoms with Gasteiger partial charge in [-0.1, -0.05) is 0 Å². The van der Waals surface area contributed by atoms with Crippen molar-refractivity contribution in [1.29, 1.82) is 0 Å². The van der Waals surface area contributed by atoms with E-state index >= 15 is 0 Å². The topological polar surface area (TPSA) is 80.8 Å². The fourth-order valence-corrected chi connectivity index (χ4v) is 2.13. The minimum atomic E-state index is -0.313. The molecule has 3 rings (SSSR count). The highest BCUT2D eigenvalue weighted by atomic mass is 16.5. The number of H-pyrrole nitrogens is 1. The molecule has 0 amide bonds. The zero-order chi connectivity index (χ0) is 14.8. The quantitative estimate of drug-likeness (QED) is 0.746. The van der Waals surface area contributed by atoms with Gasteiger partial charge in [-0.15, -0.1) is 0 Å². The number of rotatable bonds is 3. The van der Waals surface area contributed by atoms with Crippen LogP contribution in [0.5, 0.6) is 0 Å². The number of carbonyl (C=O) groups is 1. The number of aryl methyl sites for hydroxylation is 1. The van der Waals surface area contributed by atoms with Gasteiger partial charge in [-0.25, -0.2) is 9.97 Å². The predicted molar refractivity (Wildman–Crippen MR) is 77.3 cm³/mol. The zero-order valence-corrected chi connectivity index (χ0v) is 11.8. The number of aromatic nitrogens is 4. The molecule has 0 saturated carbocycles. The molecule has 6 heteroatoms. The van der Waals surface area contributed by atoms with E-state index in [4.69, 9.17) is 4.74 Å². The second kappa shape index (κ2) is 5.32. The van der Waals surface area contributed by atoms with Crippen molar-refractivity contribution < 1.29 is 9.53 Å². The van der Waals surface area contributed by atoms with Gasteiger partial charge in [0.2, 0.25) is 0 Å². The highest BCUT2D eigenvalue weighted by Gasteiger charge is 2.09. The second-order valence-electron chi connectivity index (χ2n) is 4.77. The number of esters is 1. The maximum Gasteiger partial charge on any atom is 0.302 e. The summed E-state index contributed by atoms with van der Waals surface area (Å²) in [6, 6.07) is 3.96. The molecule has 3 aromatic rings. The Hall–Kier alpha value is -2.76. The van der Waals surface area contributed by atoms with Crippen LogP contribution in [0, 0.1) is 6.92 Å². The Morgan fingerprint density at radius 2 is 1.95 bits per heavy atom. The van der Waals surface area contributed by atoms with Gasteiger partial charge in [0.05, 0.1) is 11.7 Å². The largest absolute Gasteiger partial charge is 0.461 e. The van der Waals surface area contributed by atoms with Gasteiger partial charge in [0, 0.05) is 35.8 Å². The third-order valence-corrected chi connectivity index (χ3v) is 3.18. The number of carbonyl (C=O) groups excluding carboxylic acids is 1. The van der Waals surface area contributed by atoms with Gasteiger partial charge in [-0.3, -0.25) is 9.89 Å². The van der Waals surface area contributed by atoms with E-state index in [2.05, 4.69) is 20.2 Å². The Labute approximate surface area is 121 Å². The van der Waals surface area contributed by atoms with Gasteiger partial charge in [0.25, 0.3) is 0 Å². The minimum absolute atomic E-state index is 0.203. The smallest absolute Gasteiger partial charge is 0.302 e. The van der Waals surface area contributed by atoms with Crippen molar-refractivity contribution in [2.24, 2.45) is 0 Å². The van der Waals surface area contributed by atoms with E-state index in [9.17, 15) is 4.79 Å².